The lowest BCUT2D eigenvalue weighted by Gasteiger charge is -2.20. The molecule has 1 aliphatic heterocycles. The van der Waals surface area contributed by atoms with Crippen LogP contribution >= 0.6 is 0 Å². The quantitative estimate of drug-likeness (QED) is 0.915. The highest BCUT2D eigenvalue weighted by Crippen LogP contribution is 2.17. The summed E-state index contributed by atoms with van der Waals surface area (Å²) in [5.74, 6) is 0. The first-order valence-corrected chi connectivity index (χ1v) is 7.20. The molecular weight excluding hydrogens is 254 g/mol. The molecule has 1 saturated heterocycles. The van der Waals surface area contributed by atoms with Crippen LogP contribution in [0.1, 0.15) is 31.4 Å². The van der Waals surface area contributed by atoms with Gasteiger partial charge in [-0.1, -0.05) is 30.1 Å². The Bertz CT molecular complexity index is 586. The van der Waals surface area contributed by atoms with Crippen molar-refractivity contribution >= 4 is 17.0 Å². The predicted molar refractivity (Wildman–Crippen MR) is 76.3 cm³/mol. The molecule has 1 fully saturated rings. The molecule has 2 aromatic rings. The first-order valence-electron chi connectivity index (χ1n) is 7.20. The third kappa shape index (κ3) is 2.76. The normalized spacial score (nSPS) is 16.1. The maximum Gasteiger partial charge on any atom is 0.317 e. The maximum atomic E-state index is 12.1. The summed E-state index contributed by atoms with van der Waals surface area (Å²) in [6.45, 7) is 2.11. The zero-order chi connectivity index (χ0) is 13.8. The van der Waals surface area contributed by atoms with Gasteiger partial charge in [0.25, 0.3) is 0 Å². The Morgan fingerprint density at radius 3 is 2.75 bits per heavy atom. The summed E-state index contributed by atoms with van der Waals surface area (Å²) >= 11 is 0. The van der Waals surface area contributed by atoms with E-state index in [0.717, 1.165) is 42.6 Å². The number of benzene rings is 1. The van der Waals surface area contributed by atoms with Crippen LogP contribution in [0.15, 0.2) is 28.8 Å². The highest BCUT2D eigenvalue weighted by atomic mass is 16.5. The van der Waals surface area contributed by atoms with Crippen LogP contribution in [0.4, 0.5) is 4.79 Å². The fourth-order valence-electron chi connectivity index (χ4n) is 2.61. The van der Waals surface area contributed by atoms with Gasteiger partial charge in [0, 0.05) is 18.5 Å². The van der Waals surface area contributed by atoms with Crippen molar-refractivity contribution in [1.82, 2.24) is 15.4 Å². The number of urea groups is 1. The topological polar surface area (TPSA) is 58.4 Å². The summed E-state index contributed by atoms with van der Waals surface area (Å²) < 4.78 is 5.23. The number of para-hydroxylation sites is 1. The van der Waals surface area contributed by atoms with Gasteiger partial charge < -0.3 is 14.7 Å². The van der Waals surface area contributed by atoms with E-state index in [-0.39, 0.29) is 6.03 Å². The van der Waals surface area contributed by atoms with E-state index in [2.05, 4.69) is 10.5 Å². The van der Waals surface area contributed by atoms with Gasteiger partial charge >= 0.3 is 6.03 Å². The van der Waals surface area contributed by atoms with Crippen molar-refractivity contribution in [2.45, 2.75) is 32.2 Å². The van der Waals surface area contributed by atoms with Gasteiger partial charge in [0.1, 0.15) is 5.69 Å². The third-order valence-corrected chi connectivity index (χ3v) is 3.75. The molecule has 106 valence electrons. The van der Waals surface area contributed by atoms with Crippen molar-refractivity contribution in [2.75, 3.05) is 13.1 Å². The van der Waals surface area contributed by atoms with Gasteiger partial charge in [0.2, 0.25) is 0 Å². The van der Waals surface area contributed by atoms with Crippen LogP contribution in [0.5, 0.6) is 0 Å². The SMILES string of the molecule is O=C(NCc1noc2ccccc12)N1CCCCCC1. The number of aromatic nitrogens is 1. The largest absolute Gasteiger partial charge is 0.356 e. The van der Waals surface area contributed by atoms with E-state index in [1.165, 1.54) is 12.8 Å². The second-order valence-corrected chi connectivity index (χ2v) is 5.19. The van der Waals surface area contributed by atoms with Crippen molar-refractivity contribution in [3.05, 3.63) is 30.0 Å². The molecule has 2 heterocycles. The summed E-state index contributed by atoms with van der Waals surface area (Å²) in [5.41, 5.74) is 1.54. The lowest BCUT2D eigenvalue weighted by atomic mass is 10.2. The number of rotatable bonds is 2. The highest BCUT2D eigenvalue weighted by molar-refractivity contribution is 5.80. The molecule has 0 spiro atoms. The van der Waals surface area contributed by atoms with E-state index < -0.39 is 0 Å². The van der Waals surface area contributed by atoms with E-state index >= 15 is 0 Å². The van der Waals surface area contributed by atoms with Crippen LogP contribution in [0, 0.1) is 0 Å². The number of hydrogen-bond acceptors (Lipinski definition) is 3. The predicted octanol–water partition coefficient (Wildman–Crippen LogP) is 2.91. The molecule has 1 aromatic heterocycles. The fourth-order valence-corrected chi connectivity index (χ4v) is 2.61. The average molecular weight is 273 g/mol. The van der Waals surface area contributed by atoms with Crippen LogP contribution in [0.3, 0.4) is 0 Å². The molecule has 1 aromatic carbocycles. The zero-order valence-electron chi connectivity index (χ0n) is 11.5. The summed E-state index contributed by atoms with van der Waals surface area (Å²) in [5, 5.41) is 7.92. The van der Waals surface area contributed by atoms with E-state index in [9.17, 15) is 4.79 Å². The van der Waals surface area contributed by atoms with Gasteiger partial charge in [-0.15, -0.1) is 0 Å². The van der Waals surface area contributed by atoms with Gasteiger partial charge in [-0.05, 0) is 25.0 Å². The lowest BCUT2D eigenvalue weighted by Crippen LogP contribution is -2.40. The minimum absolute atomic E-state index is 0.000943. The fraction of sp³-hybridized carbons (Fsp3) is 0.467. The number of nitrogens with one attached hydrogen (secondary N) is 1. The number of nitrogens with zero attached hydrogens (tertiary/aromatic N) is 2. The molecule has 0 aliphatic carbocycles. The number of carbonyl (C=O) groups excluding carboxylic acids is 1. The van der Waals surface area contributed by atoms with Crippen LogP contribution in [0.25, 0.3) is 11.0 Å². The summed E-state index contributed by atoms with van der Waals surface area (Å²) in [6.07, 6.45) is 4.63. The standard InChI is InChI=1S/C15H19N3O2/c19-15(18-9-5-1-2-6-10-18)16-11-13-12-7-3-4-8-14(12)20-17-13/h3-4,7-8H,1-2,5-6,9-11H2,(H,16,19). The Balaban J connectivity index is 1.62. The van der Waals surface area contributed by atoms with E-state index in [4.69, 9.17) is 4.52 Å². The molecule has 0 saturated carbocycles. The van der Waals surface area contributed by atoms with Crippen molar-refractivity contribution in [1.29, 1.82) is 0 Å². The molecule has 0 bridgehead atoms. The molecule has 20 heavy (non-hydrogen) atoms. The van der Waals surface area contributed by atoms with E-state index in [0.29, 0.717) is 6.54 Å². The second kappa shape index (κ2) is 5.94. The molecule has 0 unspecified atom stereocenters. The van der Waals surface area contributed by atoms with Crippen molar-refractivity contribution < 1.29 is 9.32 Å². The minimum Gasteiger partial charge on any atom is -0.356 e. The zero-order valence-corrected chi connectivity index (χ0v) is 11.5. The van der Waals surface area contributed by atoms with E-state index in [1.54, 1.807) is 0 Å². The van der Waals surface area contributed by atoms with Crippen LogP contribution < -0.4 is 5.32 Å². The van der Waals surface area contributed by atoms with Crippen LogP contribution in [-0.2, 0) is 6.54 Å². The number of likely N-dealkylation sites (tertiary alicyclic amines) is 1. The average Bonchev–Trinajstić information content (AvgIpc) is 2.70. The number of hydrogen-bond donors (Lipinski definition) is 1. The van der Waals surface area contributed by atoms with Gasteiger partial charge in [0.15, 0.2) is 5.58 Å². The number of carbonyl (C=O) groups is 1. The summed E-state index contributed by atoms with van der Waals surface area (Å²) in [4.78, 5) is 14.0. The van der Waals surface area contributed by atoms with Gasteiger partial charge in [-0.3, -0.25) is 0 Å². The first-order chi connectivity index (χ1) is 9.84. The highest BCUT2D eigenvalue weighted by Gasteiger charge is 2.16. The Morgan fingerprint density at radius 2 is 1.95 bits per heavy atom. The second-order valence-electron chi connectivity index (χ2n) is 5.19. The molecule has 3 rings (SSSR count). The van der Waals surface area contributed by atoms with Gasteiger partial charge in [-0.25, -0.2) is 4.79 Å². The van der Waals surface area contributed by atoms with Crippen LogP contribution in [0.2, 0.25) is 0 Å². The maximum absolute atomic E-state index is 12.1. The molecule has 2 amide bonds. The molecular formula is C15H19N3O2. The van der Waals surface area contributed by atoms with Crippen molar-refractivity contribution in [3.63, 3.8) is 0 Å². The number of fused-ring (bicyclic) bond motifs is 1. The smallest absolute Gasteiger partial charge is 0.317 e. The minimum atomic E-state index is -0.000943. The Labute approximate surface area is 117 Å². The first kappa shape index (κ1) is 13.0. The Kier molecular flexibility index (Phi) is 3.85. The van der Waals surface area contributed by atoms with E-state index in [1.807, 2.05) is 29.2 Å². The Hall–Kier alpha value is -2.04. The van der Waals surface area contributed by atoms with Crippen molar-refractivity contribution in [3.8, 4) is 0 Å². The monoisotopic (exact) mass is 273 g/mol. The molecule has 0 radical (unpaired) electrons. The van der Waals surface area contributed by atoms with Gasteiger partial charge in [-0.2, -0.15) is 0 Å². The van der Waals surface area contributed by atoms with Gasteiger partial charge in [0.05, 0.1) is 6.54 Å². The molecule has 5 nitrogen and oxygen atoms in total. The molecule has 1 aliphatic rings. The molecule has 5 heteroatoms. The number of amides is 2. The third-order valence-electron chi connectivity index (χ3n) is 3.75. The van der Waals surface area contributed by atoms with Crippen LogP contribution in [-0.4, -0.2) is 29.2 Å². The molecule has 1 N–H and O–H groups in total. The summed E-state index contributed by atoms with van der Waals surface area (Å²) in [6, 6.07) is 7.69. The van der Waals surface area contributed by atoms with Crippen molar-refractivity contribution in [2.24, 2.45) is 0 Å². The summed E-state index contributed by atoms with van der Waals surface area (Å²) in [7, 11) is 0. The lowest BCUT2D eigenvalue weighted by molar-refractivity contribution is 0.199. The Morgan fingerprint density at radius 1 is 1.20 bits per heavy atom. The molecule has 0 atom stereocenters.